The molecule has 3 aromatic rings. The largest absolute Gasteiger partial charge is 0.495 e. The first-order valence-electron chi connectivity index (χ1n) is 7.64. The van der Waals surface area contributed by atoms with Gasteiger partial charge in [-0.3, -0.25) is 0 Å². The minimum Gasteiger partial charge on any atom is -0.495 e. The van der Waals surface area contributed by atoms with Crippen molar-refractivity contribution in [3.63, 3.8) is 0 Å². The molecular formula is C19H19NO3. The first-order chi connectivity index (χ1) is 11.2. The average Bonchev–Trinajstić information content (AvgIpc) is 2.59. The normalized spacial score (nSPS) is 10.7. The van der Waals surface area contributed by atoms with Crippen molar-refractivity contribution in [2.45, 2.75) is 19.9 Å². The number of para-hydroxylation sites is 2. The predicted octanol–water partition coefficient (Wildman–Crippen LogP) is 3.98. The minimum atomic E-state index is -0.331. The highest BCUT2D eigenvalue weighted by Gasteiger charge is 2.08. The molecule has 0 saturated carbocycles. The number of methoxy groups -OCH3 is 1. The zero-order chi connectivity index (χ0) is 16.2. The van der Waals surface area contributed by atoms with E-state index in [0.29, 0.717) is 12.1 Å². The van der Waals surface area contributed by atoms with E-state index in [0.717, 1.165) is 34.4 Å². The zero-order valence-electron chi connectivity index (χ0n) is 13.3. The van der Waals surface area contributed by atoms with E-state index >= 15 is 0 Å². The molecule has 0 atom stereocenters. The van der Waals surface area contributed by atoms with Crippen LogP contribution in [0.1, 0.15) is 18.1 Å². The summed E-state index contributed by atoms with van der Waals surface area (Å²) in [6, 6.07) is 15.2. The van der Waals surface area contributed by atoms with Crippen LogP contribution in [-0.4, -0.2) is 7.11 Å². The summed E-state index contributed by atoms with van der Waals surface area (Å²) in [5.74, 6) is 0.771. The van der Waals surface area contributed by atoms with Crippen LogP contribution in [0.2, 0.25) is 0 Å². The van der Waals surface area contributed by atoms with E-state index < -0.39 is 0 Å². The smallest absolute Gasteiger partial charge is 0.336 e. The summed E-state index contributed by atoms with van der Waals surface area (Å²) in [5, 5.41) is 4.27. The Balaban J connectivity index is 1.95. The Kier molecular flexibility index (Phi) is 4.33. The van der Waals surface area contributed by atoms with E-state index in [1.54, 1.807) is 7.11 Å². The van der Waals surface area contributed by atoms with Crippen LogP contribution in [0.15, 0.2) is 57.7 Å². The molecule has 1 N–H and O–H groups in total. The van der Waals surface area contributed by atoms with E-state index in [-0.39, 0.29) is 5.63 Å². The van der Waals surface area contributed by atoms with Gasteiger partial charge >= 0.3 is 5.63 Å². The van der Waals surface area contributed by atoms with Crippen molar-refractivity contribution in [1.82, 2.24) is 0 Å². The molecule has 0 unspecified atom stereocenters. The molecule has 0 saturated heterocycles. The van der Waals surface area contributed by atoms with Crippen LogP contribution in [0.4, 0.5) is 5.69 Å². The molecule has 0 aliphatic heterocycles. The van der Waals surface area contributed by atoms with Gasteiger partial charge in [0.05, 0.1) is 12.8 Å². The third-order valence-electron chi connectivity index (χ3n) is 3.88. The Morgan fingerprint density at radius 3 is 2.74 bits per heavy atom. The SMILES string of the molecule is CCc1ccc2c(CNc3ccccc3OC)cc(=O)oc2c1. The standard InChI is InChI=1S/C19H19NO3/c1-3-13-8-9-15-14(11-19(21)23-18(15)10-13)12-20-16-6-4-5-7-17(16)22-2/h4-11,20H,3,12H2,1-2H3. The zero-order valence-corrected chi connectivity index (χ0v) is 13.3. The number of nitrogens with one attached hydrogen (secondary N) is 1. The number of aryl methyl sites for hydroxylation is 1. The molecule has 0 spiro atoms. The number of anilines is 1. The van der Waals surface area contributed by atoms with Gasteiger partial charge in [-0.1, -0.05) is 31.2 Å². The molecular weight excluding hydrogens is 290 g/mol. The Bertz CT molecular complexity index is 883. The fourth-order valence-corrected chi connectivity index (χ4v) is 2.62. The molecule has 0 bridgehead atoms. The van der Waals surface area contributed by atoms with Gasteiger partial charge in [0, 0.05) is 18.0 Å². The highest BCUT2D eigenvalue weighted by atomic mass is 16.5. The molecule has 4 heteroatoms. The van der Waals surface area contributed by atoms with Gasteiger partial charge < -0.3 is 14.5 Å². The lowest BCUT2D eigenvalue weighted by atomic mass is 10.1. The van der Waals surface area contributed by atoms with Gasteiger partial charge in [0.25, 0.3) is 0 Å². The van der Waals surface area contributed by atoms with Crippen LogP contribution in [0.25, 0.3) is 11.0 Å². The van der Waals surface area contributed by atoms with Crippen LogP contribution < -0.4 is 15.7 Å². The van der Waals surface area contributed by atoms with Crippen molar-refractivity contribution in [3.8, 4) is 5.75 Å². The summed E-state index contributed by atoms with van der Waals surface area (Å²) < 4.78 is 10.7. The van der Waals surface area contributed by atoms with Gasteiger partial charge in [0.2, 0.25) is 0 Å². The fourth-order valence-electron chi connectivity index (χ4n) is 2.62. The summed E-state index contributed by atoms with van der Waals surface area (Å²) in [5.41, 5.74) is 3.25. The summed E-state index contributed by atoms with van der Waals surface area (Å²) in [4.78, 5) is 11.8. The molecule has 0 aliphatic carbocycles. The Hall–Kier alpha value is -2.75. The third-order valence-corrected chi connectivity index (χ3v) is 3.88. The molecule has 3 rings (SSSR count). The van der Waals surface area contributed by atoms with Gasteiger partial charge in [0.15, 0.2) is 0 Å². The van der Waals surface area contributed by atoms with Gasteiger partial charge in [-0.25, -0.2) is 4.79 Å². The second-order valence-corrected chi connectivity index (χ2v) is 5.33. The van der Waals surface area contributed by atoms with Crippen LogP contribution in [-0.2, 0) is 13.0 Å². The number of hydrogen-bond acceptors (Lipinski definition) is 4. The molecule has 0 radical (unpaired) electrons. The Morgan fingerprint density at radius 1 is 1.13 bits per heavy atom. The van der Waals surface area contributed by atoms with Crippen LogP contribution in [0.5, 0.6) is 5.75 Å². The van der Waals surface area contributed by atoms with Crippen molar-refractivity contribution < 1.29 is 9.15 Å². The summed E-state index contributed by atoms with van der Waals surface area (Å²) in [6.45, 7) is 2.60. The van der Waals surface area contributed by atoms with Crippen molar-refractivity contribution in [1.29, 1.82) is 0 Å². The predicted molar refractivity (Wildman–Crippen MR) is 92.2 cm³/mol. The van der Waals surface area contributed by atoms with E-state index in [9.17, 15) is 4.79 Å². The van der Waals surface area contributed by atoms with Crippen LogP contribution in [0.3, 0.4) is 0 Å². The van der Waals surface area contributed by atoms with Crippen molar-refractivity contribution in [3.05, 3.63) is 70.1 Å². The molecule has 1 heterocycles. The van der Waals surface area contributed by atoms with E-state index in [1.165, 1.54) is 6.07 Å². The van der Waals surface area contributed by atoms with Gasteiger partial charge in [0.1, 0.15) is 11.3 Å². The summed E-state index contributed by atoms with van der Waals surface area (Å²) in [7, 11) is 1.64. The fraction of sp³-hybridized carbons (Fsp3) is 0.211. The van der Waals surface area contributed by atoms with Crippen LogP contribution >= 0.6 is 0 Å². The van der Waals surface area contributed by atoms with E-state index in [1.807, 2.05) is 36.4 Å². The Labute approximate surface area is 134 Å². The topological polar surface area (TPSA) is 51.5 Å². The maximum absolute atomic E-state index is 11.8. The quantitative estimate of drug-likeness (QED) is 0.724. The molecule has 1 aromatic heterocycles. The molecule has 2 aromatic carbocycles. The van der Waals surface area contributed by atoms with Crippen molar-refractivity contribution >= 4 is 16.7 Å². The minimum absolute atomic E-state index is 0.331. The highest BCUT2D eigenvalue weighted by molar-refractivity contribution is 5.81. The monoisotopic (exact) mass is 309 g/mol. The lowest BCUT2D eigenvalue weighted by molar-refractivity contribution is 0.416. The number of ether oxygens (including phenoxy) is 1. The second kappa shape index (κ2) is 6.57. The van der Waals surface area contributed by atoms with Crippen molar-refractivity contribution in [2.75, 3.05) is 12.4 Å². The molecule has 0 aliphatic rings. The molecule has 4 nitrogen and oxygen atoms in total. The van der Waals surface area contributed by atoms with E-state index in [4.69, 9.17) is 9.15 Å². The first-order valence-corrected chi connectivity index (χ1v) is 7.64. The van der Waals surface area contributed by atoms with E-state index in [2.05, 4.69) is 18.3 Å². The maximum Gasteiger partial charge on any atom is 0.336 e. The molecule has 23 heavy (non-hydrogen) atoms. The van der Waals surface area contributed by atoms with Gasteiger partial charge in [-0.05, 0) is 35.7 Å². The van der Waals surface area contributed by atoms with Crippen molar-refractivity contribution in [2.24, 2.45) is 0 Å². The molecule has 0 amide bonds. The number of fused-ring (bicyclic) bond motifs is 1. The molecule has 118 valence electrons. The third kappa shape index (κ3) is 3.21. The average molecular weight is 309 g/mol. The second-order valence-electron chi connectivity index (χ2n) is 5.33. The number of hydrogen-bond donors (Lipinski definition) is 1. The maximum atomic E-state index is 11.8. The summed E-state index contributed by atoms with van der Waals surface area (Å²) >= 11 is 0. The molecule has 0 fully saturated rings. The van der Waals surface area contributed by atoms with Crippen LogP contribution in [0, 0.1) is 0 Å². The summed E-state index contributed by atoms with van der Waals surface area (Å²) in [6.07, 6.45) is 0.906. The van der Waals surface area contributed by atoms with Gasteiger partial charge in [-0.15, -0.1) is 0 Å². The lowest BCUT2D eigenvalue weighted by Crippen LogP contribution is -2.06. The Morgan fingerprint density at radius 2 is 1.96 bits per heavy atom. The van der Waals surface area contributed by atoms with Gasteiger partial charge in [-0.2, -0.15) is 0 Å². The lowest BCUT2D eigenvalue weighted by Gasteiger charge is -2.12. The number of benzene rings is 2. The highest BCUT2D eigenvalue weighted by Crippen LogP contribution is 2.25. The first kappa shape index (κ1) is 15.2. The number of rotatable bonds is 5.